The van der Waals surface area contributed by atoms with Gasteiger partial charge in [0, 0.05) is 24.7 Å². The van der Waals surface area contributed by atoms with Crippen LogP contribution in [0.2, 0.25) is 0 Å². The number of H-pyrrole nitrogens is 1. The van der Waals surface area contributed by atoms with Gasteiger partial charge in [-0.25, -0.2) is 9.78 Å². The molecule has 9 N–H and O–H groups in total. The summed E-state index contributed by atoms with van der Waals surface area (Å²) >= 11 is 0. The zero-order chi connectivity index (χ0) is 27.4. The van der Waals surface area contributed by atoms with E-state index in [2.05, 4.69) is 25.9 Å². The summed E-state index contributed by atoms with van der Waals surface area (Å²) in [5.74, 6) is -5.22. The standard InChI is InChI=1S/C23H30N6O8/c24-15(8-13-4-2-1-3-5-13)20(33)29-18(11-30)22(35)28-17(9-14-10-25-12-26-14)21(34)27-16(23(36)37)6-7-19(31)32/h1-5,10,12,15-18,30H,6-9,11,24H2,(H,25,26)(H,27,34)(H,28,35)(H,29,33)(H,31,32)(H,36,37). The van der Waals surface area contributed by atoms with E-state index in [0.29, 0.717) is 5.69 Å². The minimum absolute atomic E-state index is 0.136. The lowest BCUT2D eigenvalue weighted by atomic mass is 10.1. The number of aliphatic hydroxyl groups excluding tert-OH is 1. The number of carboxylic acids is 2. The average Bonchev–Trinajstić information content (AvgIpc) is 3.37. The maximum atomic E-state index is 12.9. The van der Waals surface area contributed by atoms with Gasteiger partial charge in [-0.05, 0) is 18.4 Å². The van der Waals surface area contributed by atoms with Gasteiger partial charge in [0.2, 0.25) is 17.7 Å². The van der Waals surface area contributed by atoms with Crippen molar-refractivity contribution in [2.45, 2.75) is 49.9 Å². The zero-order valence-corrected chi connectivity index (χ0v) is 19.8. The van der Waals surface area contributed by atoms with Crippen LogP contribution in [0.1, 0.15) is 24.1 Å². The van der Waals surface area contributed by atoms with Gasteiger partial charge in [-0.1, -0.05) is 30.3 Å². The molecule has 0 aliphatic carbocycles. The summed E-state index contributed by atoms with van der Waals surface area (Å²) in [7, 11) is 0. The summed E-state index contributed by atoms with van der Waals surface area (Å²) in [5, 5.41) is 34.8. The molecule has 14 heteroatoms. The summed E-state index contributed by atoms with van der Waals surface area (Å²) < 4.78 is 0. The Kier molecular flexibility index (Phi) is 11.2. The van der Waals surface area contributed by atoms with Gasteiger partial charge in [0.1, 0.15) is 18.1 Å². The van der Waals surface area contributed by atoms with E-state index in [1.54, 1.807) is 24.3 Å². The quantitative estimate of drug-likeness (QED) is 0.128. The Hall–Kier alpha value is -4.30. The van der Waals surface area contributed by atoms with E-state index < -0.39 is 66.9 Å². The number of aromatic nitrogens is 2. The molecule has 37 heavy (non-hydrogen) atoms. The van der Waals surface area contributed by atoms with Crippen molar-refractivity contribution in [3.05, 3.63) is 54.1 Å². The highest BCUT2D eigenvalue weighted by molar-refractivity contribution is 5.94. The van der Waals surface area contributed by atoms with Crippen LogP contribution in [0, 0.1) is 0 Å². The van der Waals surface area contributed by atoms with E-state index in [-0.39, 0.29) is 19.3 Å². The highest BCUT2D eigenvalue weighted by Gasteiger charge is 2.30. The molecule has 0 saturated carbocycles. The lowest BCUT2D eigenvalue weighted by Gasteiger charge is -2.24. The Labute approximate surface area is 211 Å². The fourth-order valence-corrected chi connectivity index (χ4v) is 3.33. The number of aliphatic carboxylic acids is 2. The number of amides is 3. The first-order valence-corrected chi connectivity index (χ1v) is 11.3. The molecule has 1 heterocycles. The molecule has 0 fully saturated rings. The number of nitrogens with one attached hydrogen (secondary N) is 4. The number of nitrogens with two attached hydrogens (primary N) is 1. The molecule has 200 valence electrons. The largest absolute Gasteiger partial charge is 0.481 e. The molecular formula is C23H30N6O8. The van der Waals surface area contributed by atoms with Crippen LogP contribution in [-0.2, 0) is 36.8 Å². The molecule has 14 nitrogen and oxygen atoms in total. The average molecular weight is 519 g/mol. The van der Waals surface area contributed by atoms with Crippen LogP contribution in [-0.4, -0.2) is 85.7 Å². The molecule has 1 aromatic heterocycles. The van der Waals surface area contributed by atoms with Crippen LogP contribution in [0.15, 0.2) is 42.9 Å². The molecule has 0 radical (unpaired) electrons. The number of hydrogen-bond acceptors (Lipinski definition) is 8. The molecule has 0 aliphatic heterocycles. The van der Waals surface area contributed by atoms with Gasteiger partial charge < -0.3 is 42.0 Å². The maximum Gasteiger partial charge on any atom is 0.326 e. The number of imidazole rings is 1. The number of carbonyl (C=O) groups excluding carboxylic acids is 3. The van der Waals surface area contributed by atoms with Gasteiger partial charge in [-0.3, -0.25) is 19.2 Å². The van der Waals surface area contributed by atoms with Crippen molar-refractivity contribution in [3.8, 4) is 0 Å². The Morgan fingerprint density at radius 3 is 2.08 bits per heavy atom. The predicted octanol–water partition coefficient (Wildman–Crippen LogP) is -2.08. The van der Waals surface area contributed by atoms with Crippen molar-refractivity contribution >= 4 is 29.7 Å². The first-order chi connectivity index (χ1) is 17.6. The van der Waals surface area contributed by atoms with Crippen molar-refractivity contribution in [1.29, 1.82) is 0 Å². The van der Waals surface area contributed by atoms with Crippen molar-refractivity contribution in [2.24, 2.45) is 5.73 Å². The summed E-state index contributed by atoms with van der Waals surface area (Å²) in [6, 6.07) is 3.61. The normalized spacial score (nSPS) is 14.0. The molecular weight excluding hydrogens is 488 g/mol. The highest BCUT2D eigenvalue weighted by atomic mass is 16.4. The van der Waals surface area contributed by atoms with Gasteiger partial charge >= 0.3 is 11.9 Å². The molecule has 3 amide bonds. The van der Waals surface area contributed by atoms with Gasteiger partial charge in [-0.2, -0.15) is 0 Å². The Morgan fingerprint density at radius 2 is 1.51 bits per heavy atom. The topological polar surface area (TPSA) is 237 Å². The van der Waals surface area contributed by atoms with E-state index >= 15 is 0 Å². The van der Waals surface area contributed by atoms with Crippen molar-refractivity contribution in [3.63, 3.8) is 0 Å². The van der Waals surface area contributed by atoms with Crippen molar-refractivity contribution in [1.82, 2.24) is 25.9 Å². The maximum absolute atomic E-state index is 12.9. The van der Waals surface area contributed by atoms with Crippen LogP contribution in [0.5, 0.6) is 0 Å². The van der Waals surface area contributed by atoms with E-state index in [9.17, 15) is 34.2 Å². The zero-order valence-electron chi connectivity index (χ0n) is 19.8. The number of carboxylic acid groups (broad SMARTS) is 2. The third kappa shape index (κ3) is 9.70. The van der Waals surface area contributed by atoms with Crippen molar-refractivity contribution < 1.29 is 39.3 Å². The molecule has 4 unspecified atom stereocenters. The fraction of sp³-hybridized carbons (Fsp3) is 0.391. The fourth-order valence-electron chi connectivity index (χ4n) is 3.33. The number of rotatable bonds is 15. The highest BCUT2D eigenvalue weighted by Crippen LogP contribution is 2.05. The first-order valence-electron chi connectivity index (χ1n) is 11.3. The lowest BCUT2D eigenvalue weighted by molar-refractivity contribution is -0.143. The third-order valence-corrected chi connectivity index (χ3v) is 5.32. The van der Waals surface area contributed by atoms with Crippen molar-refractivity contribution in [2.75, 3.05) is 6.61 Å². The smallest absolute Gasteiger partial charge is 0.326 e. The number of carbonyl (C=O) groups is 5. The van der Waals surface area contributed by atoms with Crippen LogP contribution in [0.25, 0.3) is 0 Å². The van der Waals surface area contributed by atoms with E-state index in [4.69, 9.17) is 10.8 Å². The lowest BCUT2D eigenvalue weighted by Crippen LogP contribution is -2.58. The number of aromatic amines is 1. The number of nitrogens with zero attached hydrogens (tertiary/aromatic N) is 1. The molecule has 0 saturated heterocycles. The molecule has 0 bridgehead atoms. The summed E-state index contributed by atoms with van der Waals surface area (Å²) in [5.41, 5.74) is 7.14. The second-order valence-corrected chi connectivity index (χ2v) is 8.21. The number of benzene rings is 1. The van der Waals surface area contributed by atoms with E-state index in [1.807, 2.05) is 6.07 Å². The number of aliphatic hydroxyl groups is 1. The summed E-state index contributed by atoms with van der Waals surface area (Å²) in [4.78, 5) is 67.1. The SMILES string of the molecule is NC(Cc1ccccc1)C(=O)NC(CO)C(=O)NC(Cc1cnc[nH]1)C(=O)NC(CCC(=O)O)C(=O)O. The van der Waals surface area contributed by atoms with E-state index in [0.717, 1.165) is 5.56 Å². The Morgan fingerprint density at radius 1 is 0.892 bits per heavy atom. The van der Waals surface area contributed by atoms with E-state index in [1.165, 1.54) is 12.5 Å². The molecule has 0 aliphatic rings. The van der Waals surface area contributed by atoms with Crippen LogP contribution >= 0.6 is 0 Å². The Balaban J connectivity index is 2.08. The minimum Gasteiger partial charge on any atom is -0.481 e. The molecule has 2 rings (SSSR count). The van der Waals surface area contributed by atoms with Gasteiger partial charge in [0.05, 0.1) is 19.0 Å². The molecule has 2 aromatic rings. The second-order valence-electron chi connectivity index (χ2n) is 8.21. The van der Waals surface area contributed by atoms with Gasteiger partial charge in [-0.15, -0.1) is 0 Å². The third-order valence-electron chi connectivity index (χ3n) is 5.32. The van der Waals surface area contributed by atoms with Crippen LogP contribution in [0.3, 0.4) is 0 Å². The second kappa shape index (κ2) is 14.3. The number of hydrogen-bond donors (Lipinski definition) is 8. The van der Waals surface area contributed by atoms with Crippen LogP contribution in [0.4, 0.5) is 0 Å². The molecule has 4 atom stereocenters. The van der Waals surface area contributed by atoms with Gasteiger partial charge in [0.25, 0.3) is 0 Å². The monoisotopic (exact) mass is 518 g/mol. The summed E-state index contributed by atoms with van der Waals surface area (Å²) in [6.45, 7) is -0.801. The molecule has 1 aromatic carbocycles. The minimum atomic E-state index is -1.52. The first kappa shape index (κ1) is 28.9. The molecule has 0 spiro atoms. The van der Waals surface area contributed by atoms with Gasteiger partial charge in [0.15, 0.2) is 0 Å². The summed E-state index contributed by atoms with van der Waals surface area (Å²) in [6.07, 6.45) is 1.89. The van der Waals surface area contributed by atoms with Crippen LogP contribution < -0.4 is 21.7 Å². The predicted molar refractivity (Wildman–Crippen MR) is 128 cm³/mol. The Bertz CT molecular complexity index is 1060.